The average Bonchev–Trinajstić information content (AvgIpc) is 2.67. The number of hydrogen-bond donors (Lipinski definition) is 3. The van der Waals surface area contributed by atoms with Crippen LogP contribution in [0.25, 0.3) is 0 Å². The number of carbonyl (C=O) groups excluding carboxylic acids is 2. The van der Waals surface area contributed by atoms with E-state index in [4.69, 9.17) is 0 Å². The number of hydrogen-bond acceptors (Lipinski definition) is 4. The van der Waals surface area contributed by atoms with Crippen LogP contribution in [-0.2, 0) is 11.3 Å². The highest BCUT2D eigenvalue weighted by Gasteiger charge is 2.29. The Morgan fingerprint density at radius 2 is 2.07 bits per heavy atom. The molecule has 148 valence electrons. The van der Waals surface area contributed by atoms with Crippen LogP contribution >= 0.6 is 0 Å². The van der Waals surface area contributed by atoms with Crippen LogP contribution in [0.15, 0.2) is 42.5 Å². The second-order valence-corrected chi connectivity index (χ2v) is 6.57. The largest absolute Gasteiger partial charge is 0.396 e. The van der Waals surface area contributed by atoms with Gasteiger partial charge in [0.2, 0.25) is 5.91 Å². The lowest BCUT2D eigenvalue weighted by molar-refractivity contribution is -0.129. The first-order chi connectivity index (χ1) is 13.5. The predicted octanol–water partition coefficient (Wildman–Crippen LogP) is 1.90. The number of carbonyl (C=O) groups is 2. The number of amides is 2. The summed E-state index contributed by atoms with van der Waals surface area (Å²) < 4.78 is 26.7. The van der Waals surface area contributed by atoms with Crippen LogP contribution in [0.1, 0.15) is 22.3 Å². The predicted molar refractivity (Wildman–Crippen MR) is 99.7 cm³/mol. The zero-order chi connectivity index (χ0) is 20.1. The monoisotopic (exact) mass is 389 g/mol. The number of rotatable bonds is 6. The summed E-state index contributed by atoms with van der Waals surface area (Å²) in [6.45, 7) is 1.49. The van der Waals surface area contributed by atoms with Crippen LogP contribution in [0.5, 0.6) is 0 Å². The zero-order valence-electron chi connectivity index (χ0n) is 15.1. The van der Waals surface area contributed by atoms with Crippen molar-refractivity contribution in [2.24, 2.45) is 0 Å². The van der Waals surface area contributed by atoms with E-state index in [0.717, 1.165) is 17.7 Å². The number of nitrogens with zero attached hydrogens (tertiary/aromatic N) is 1. The van der Waals surface area contributed by atoms with Crippen molar-refractivity contribution in [3.8, 4) is 0 Å². The molecule has 2 amide bonds. The number of aliphatic hydroxyl groups is 1. The lowest BCUT2D eigenvalue weighted by Crippen LogP contribution is -2.55. The van der Waals surface area contributed by atoms with Crippen molar-refractivity contribution in [1.82, 2.24) is 10.2 Å². The van der Waals surface area contributed by atoms with Gasteiger partial charge in [-0.1, -0.05) is 12.1 Å². The molecule has 28 heavy (non-hydrogen) atoms. The number of aliphatic hydroxyl groups excluding tert-OH is 1. The summed E-state index contributed by atoms with van der Waals surface area (Å²) in [5.41, 5.74) is 1.03. The van der Waals surface area contributed by atoms with Crippen molar-refractivity contribution in [3.05, 3.63) is 65.2 Å². The molecular formula is C20H21F2N3O3. The first kappa shape index (κ1) is 19.9. The van der Waals surface area contributed by atoms with E-state index in [2.05, 4.69) is 10.6 Å². The normalized spacial score (nSPS) is 17.2. The van der Waals surface area contributed by atoms with Gasteiger partial charge >= 0.3 is 0 Å². The molecule has 1 atom stereocenters. The topological polar surface area (TPSA) is 81.7 Å². The summed E-state index contributed by atoms with van der Waals surface area (Å²) in [5.74, 6) is -2.21. The van der Waals surface area contributed by atoms with Crippen LogP contribution in [-0.4, -0.2) is 47.6 Å². The third-order valence-electron chi connectivity index (χ3n) is 4.60. The van der Waals surface area contributed by atoms with Crippen molar-refractivity contribution < 1.29 is 23.5 Å². The molecule has 1 heterocycles. The van der Waals surface area contributed by atoms with Crippen LogP contribution in [0, 0.1) is 11.6 Å². The molecule has 3 N–H and O–H groups in total. The molecule has 0 unspecified atom stereocenters. The Morgan fingerprint density at radius 3 is 2.82 bits per heavy atom. The summed E-state index contributed by atoms with van der Waals surface area (Å²) in [7, 11) is 0. The highest BCUT2D eigenvalue weighted by molar-refractivity contribution is 6.04. The van der Waals surface area contributed by atoms with E-state index in [9.17, 15) is 23.5 Å². The van der Waals surface area contributed by atoms with Gasteiger partial charge in [0.15, 0.2) is 0 Å². The van der Waals surface area contributed by atoms with Gasteiger partial charge in [0.25, 0.3) is 5.91 Å². The molecule has 2 aromatic rings. The van der Waals surface area contributed by atoms with Gasteiger partial charge in [-0.3, -0.25) is 14.5 Å². The highest BCUT2D eigenvalue weighted by atomic mass is 19.1. The molecule has 2 aromatic carbocycles. The van der Waals surface area contributed by atoms with E-state index in [0.29, 0.717) is 37.7 Å². The Kier molecular flexibility index (Phi) is 6.33. The fourth-order valence-electron chi connectivity index (χ4n) is 3.22. The molecule has 0 saturated carbocycles. The first-order valence-electron chi connectivity index (χ1n) is 8.96. The molecule has 1 fully saturated rings. The Balaban J connectivity index is 1.72. The van der Waals surface area contributed by atoms with E-state index in [1.165, 1.54) is 0 Å². The fraction of sp³-hybridized carbons (Fsp3) is 0.300. The van der Waals surface area contributed by atoms with Gasteiger partial charge in [0, 0.05) is 37.9 Å². The molecule has 3 rings (SSSR count). The van der Waals surface area contributed by atoms with Gasteiger partial charge in [0.1, 0.15) is 11.6 Å². The second-order valence-electron chi connectivity index (χ2n) is 6.57. The Hall–Kier alpha value is -2.84. The molecule has 8 heteroatoms. The van der Waals surface area contributed by atoms with Crippen LogP contribution in [0.4, 0.5) is 14.5 Å². The van der Waals surface area contributed by atoms with Crippen LogP contribution in [0.2, 0.25) is 0 Å². The van der Waals surface area contributed by atoms with E-state index in [1.807, 2.05) is 11.0 Å². The maximum Gasteiger partial charge on any atom is 0.255 e. The van der Waals surface area contributed by atoms with Gasteiger partial charge < -0.3 is 15.7 Å². The standard InChI is InChI=1S/C20H21F2N3O3/c21-15-4-5-17(16(22)11-15)24-19(27)14-3-1-2-13(10-14)12-25-8-7-23-20(28)18(25)6-9-26/h1-5,10-11,18,26H,6-9,12H2,(H,23,28)(H,24,27)/t18-/m1/s1. The molecule has 1 aliphatic rings. The minimum atomic E-state index is -0.851. The number of benzene rings is 2. The molecule has 6 nitrogen and oxygen atoms in total. The number of anilines is 1. The summed E-state index contributed by atoms with van der Waals surface area (Å²) in [6, 6.07) is 9.30. The van der Waals surface area contributed by atoms with Crippen molar-refractivity contribution in [1.29, 1.82) is 0 Å². The minimum Gasteiger partial charge on any atom is -0.396 e. The summed E-state index contributed by atoms with van der Waals surface area (Å²) in [6.07, 6.45) is 0.329. The maximum atomic E-state index is 13.7. The molecular weight excluding hydrogens is 368 g/mol. The average molecular weight is 389 g/mol. The minimum absolute atomic E-state index is 0.0970. The summed E-state index contributed by atoms with van der Waals surface area (Å²) in [4.78, 5) is 26.4. The quantitative estimate of drug-likeness (QED) is 0.705. The Labute approximate surface area is 161 Å². The smallest absolute Gasteiger partial charge is 0.255 e. The van der Waals surface area contributed by atoms with Gasteiger partial charge in [-0.05, 0) is 36.2 Å². The SMILES string of the molecule is O=C(Nc1ccc(F)cc1F)c1cccc(CN2CCNC(=O)[C@H]2CCO)c1. The third-order valence-corrected chi connectivity index (χ3v) is 4.60. The zero-order valence-corrected chi connectivity index (χ0v) is 15.1. The summed E-state index contributed by atoms with van der Waals surface area (Å²) in [5, 5.41) is 14.4. The Bertz CT molecular complexity index is 876. The highest BCUT2D eigenvalue weighted by Crippen LogP contribution is 2.18. The lowest BCUT2D eigenvalue weighted by atomic mass is 10.1. The molecule has 0 spiro atoms. The molecule has 1 aliphatic heterocycles. The summed E-state index contributed by atoms with van der Waals surface area (Å²) >= 11 is 0. The molecule has 0 aliphatic carbocycles. The number of piperazine rings is 1. The second kappa shape index (κ2) is 8.90. The molecule has 0 radical (unpaired) electrons. The lowest BCUT2D eigenvalue weighted by Gasteiger charge is -2.34. The van der Waals surface area contributed by atoms with E-state index < -0.39 is 23.6 Å². The molecule has 1 saturated heterocycles. The molecule has 0 aromatic heterocycles. The number of nitrogens with one attached hydrogen (secondary N) is 2. The van der Waals surface area contributed by atoms with Gasteiger partial charge in [-0.15, -0.1) is 0 Å². The van der Waals surface area contributed by atoms with Gasteiger partial charge in [-0.25, -0.2) is 8.78 Å². The molecule has 0 bridgehead atoms. The van der Waals surface area contributed by atoms with Gasteiger partial charge in [0.05, 0.1) is 11.7 Å². The van der Waals surface area contributed by atoms with Crippen molar-refractivity contribution >= 4 is 17.5 Å². The van der Waals surface area contributed by atoms with E-state index >= 15 is 0 Å². The van der Waals surface area contributed by atoms with Crippen molar-refractivity contribution in [3.63, 3.8) is 0 Å². The van der Waals surface area contributed by atoms with Crippen LogP contribution < -0.4 is 10.6 Å². The fourth-order valence-corrected chi connectivity index (χ4v) is 3.22. The number of halogens is 2. The van der Waals surface area contributed by atoms with Crippen LogP contribution in [0.3, 0.4) is 0 Å². The first-order valence-corrected chi connectivity index (χ1v) is 8.96. The van der Waals surface area contributed by atoms with Crippen molar-refractivity contribution in [2.75, 3.05) is 25.0 Å². The van der Waals surface area contributed by atoms with E-state index in [-0.39, 0.29) is 18.2 Å². The maximum absolute atomic E-state index is 13.7. The van der Waals surface area contributed by atoms with E-state index in [1.54, 1.807) is 18.2 Å². The third kappa shape index (κ3) is 4.71. The Morgan fingerprint density at radius 1 is 1.25 bits per heavy atom. The van der Waals surface area contributed by atoms with Crippen molar-refractivity contribution in [2.45, 2.75) is 19.0 Å². The van der Waals surface area contributed by atoms with Gasteiger partial charge in [-0.2, -0.15) is 0 Å².